The summed E-state index contributed by atoms with van der Waals surface area (Å²) in [5.41, 5.74) is 0. The van der Waals surface area contributed by atoms with E-state index in [2.05, 4.69) is 23.1 Å². The molecule has 1 saturated heterocycles. The van der Waals surface area contributed by atoms with Crippen LogP contribution in [0.2, 0.25) is 0 Å². The van der Waals surface area contributed by atoms with Crippen molar-refractivity contribution in [1.29, 1.82) is 5.26 Å². The topological polar surface area (TPSA) is 35.8 Å². The summed E-state index contributed by atoms with van der Waals surface area (Å²) in [6.45, 7) is 0. The minimum Gasteiger partial charge on any atom is -0.310 e. The van der Waals surface area contributed by atoms with Crippen LogP contribution in [0, 0.1) is 17.2 Å². The number of nitrogens with zero attached hydrogens (tertiary/aromatic N) is 1. The van der Waals surface area contributed by atoms with Crippen LogP contribution in [0.3, 0.4) is 0 Å². The minimum atomic E-state index is 0.282. The van der Waals surface area contributed by atoms with E-state index in [-0.39, 0.29) is 5.92 Å². The van der Waals surface area contributed by atoms with Gasteiger partial charge in [-0.15, -0.1) is 0 Å². The predicted molar refractivity (Wildman–Crippen MR) is 60.2 cm³/mol. The molecule has 2 rings (SSSR count). The van der Waals surface area contributed by atoms with Gasteiger partial charge in [0.05, 0.1) is 12.0 Å². The van der Waals surface area contributed by atoms with Crippen molar-refractivity contribution in [3.05, 3.63) is 0 Å². The van der Waals surface area contributed by atoms with E-state index in [0.29, 0.717) is 12.1 Å². The molecule has 78 valence electrons. The molecule has 0 bridgehead atoms. The number of thioether (sulfide) groups is 1. The molecule has 1 heterocycles. The molecular weight excluding hydrogens is 192 g/mol. The lowest BCUT2D eigenvalue weighted by Gasteiger charge is -2.27. The first-order valence-electron chi connectivity index (χ1n) is 5.63. The van der Waals surface area contributed by atoms with Gasteiger partial charge in [0.1, 0.15) is 0 Å². The van der Waals surface area contributed by atoms with Crippen LogP contribution < -0.4 is 5.32 Å². The Morgan fingerprint density at radius 2 is 1.93 bits per heavy atom. The van der Waals surface area contributed by atoms with Gasteiger partial charge in [-0.2, -0.15) is 17.0 Å². The number of nitrogens with one attached hydrogen (secondary N) is 1. The van der Waals surface area contributed by atoms with Crippen molar-refractivity contribution in [3.63, 3.8) is 0 Å². The lowest BCUT2D eigenvalue weighted by atomic mass is 10.0. The number of hydrogen-bond acceptors (Lipinski definition) is 3. The average molecular weight is 210 g/mol. The molecule has 2 fully saturated rings. The van der Waals surface area contributed by atoms with Crippen LogP contribution in [-0.2, 0) is 0 Å². The molecule has 0 aromatic carbocycles. The zero-order chi connectivity index (χ0) is 9.80. The maximum Gasteiger partial charge on any atom is 0.0672 e. The van der Waals surface area contributed by atoms with Crippen molar-refractivity contribution in [3.8, 4) is 6.07 Å². The first-order chi connectivity index (χ1) is 6.90. The molecule has 1 aliphatic heterocycles. The van der Waals surface area contributed by atoms with E-state index in [9.17, 15) is 0 Å². The molecule has 0 aromatic heterocycles. The van der Waals surface area contributed by atoms with Gasteiger partial charge in [0.2, 0.25) is 0 Å². The van der Waals surface area contributed by atoms with Gasteiger partial charge in [-0.3, -0.25) is 0 Å². The molecule has 0 radical (unpaired) electrons. The average Bonchev–Trinajstić information content (AvgIpc) is 2.67. The fourth-order valence-corrected chi connectivity index (χ4v) is 3.59. The van der Waals surface area contributed by atoms with Gasteiger partial charge in [-0.1, -0.05) is 6.42 Å². The Morgan fingerprint density at radius 3 is 2.64 bits per heavy atom. The van der Waals surface area contributed by atoms with Crippen LogP contribution in [-0.4, -0.2) is 23.6 Å². The standard InChI is InChI=1S/C11H18N2S/c12-8-9-2-1-3-11(9)13-10-4-6-14-7-5-10/h9-11,13H,1-7H2. The van der Waals surface area contributed by atoms with Crippen LogP contribution in [0.4, 0.5) is 0 Å². The lowest BCUT2D eigenvalue weighted by Crippen LogP contribution is -2.41. The third kappa shape index (κ3) is 2.43. The van der Waals surface area contributed by atoms with Crippen molar-refractivity contribution in [2.75, 3.05) is 11.5 Å². The fourth-order valence-electron chi connectivity index (χ4n) is 2.48. The largest absolute Gasteiger partial charge is 0.310 e. The maximum absolute atomic E-state index is 8.97. The molecule has 2 nitrogen and oxygen atoms in total. The molecule has 2 atom stereocenters. The molecule has 0 aromatic rings. The number of nitriles is 1. The Balaban J connectivity index is 1.81. The molecule has 0 amide bonds. The van der Waals surface area contributed by atoms with Gasteiger partial charge in [0.15, 0.2) is 0 Å². The summed E-state index contributed by atoms with van der Waals surface area (Å²) in [7, 11) is 0. The summed E-state index contributed by atoms with van der Waals surface area (Å²) in [6.07, 6.45) is 6.13. The van der Waals surface area contributed by atoms with E-state index in [0.717, 1.165) is 6.42 Å². The van der Waals surface area contributed by atoms with Crippen molar-refractivity contribution in [2.45, 2.75) is 44.2 Å². The van der Waals surface area contributed by atoms with Gasteiger partial charge in [-0.05, 0) is 37.2 Å². The lowest BCUT2D eigenvalue weighted by molar-refractivity contribution is 0.379. The Morgan fingerprint density at radius 1 is 1.14 bits per heavy atom. The van der Waals surface area contributed by atoms with Crippen molar-refractivity contribution in [2.24, 2.45) is 5.92 Å². The smallest absolute Gasteiger partial charge is 0.0672 e. The Kier molecular flexibility index (Phi) is 3.72. The van der Waals surface area contributed by atoms with Crippen LogP contribution in [0.15, 0.2) is 0 Å². The normalized spacial score (nSPS) is 34.2. The van der Waals surface area contributed by atoms with Gasteiger partial charge < -0.3 is 5.32 Å². The highest BCUT2D eigenvalue weighted by Crippen LogP contribution is 2.27. The molecule has 3 heteroatoms. The van der Waals surface area contributed by atoms with Gasteiger partial charge in [0, 0.05) is 12.1 Å². The van der Waals surface area contributed by atoms with E-state index >= 15 is 0 Å². The molecule has 2 unspecified atom stereocenters. The van der Waals surface area contributed by atoms with Crippen LogP contribution in [0.25, 0.3) is 0 Å². The van der Waals surface area contributed by atoms with Gasteiger partial charge in [-0.25, -0.2) is 0 Å². The highest BCUT2D eigenvalue weighted by molar-refractivity contribution is 7.99. The summed E-state index contributed by atoms with van der Waals surface area (Å²) in [5, 5.41) is 12.7. The van der Waals surface area contributed by atoms with Crippen LogP contribution >= 0.6 is 11.8 Å². The van der Waals surface area contributed by atoms with Crippen LogP contribution in [0.1, 0.15) is 32.1 Å². The molecule has 0 spiro atoms. The summed E-state index contributed by atoms with van der Waals surface area (Å²) in [5.74, 6) is 2.87. The second-order valence-corrected chi connectivity index (χ2v) is 5.55. The Labute approximate surface area is 90.4 Å². The van der Waals surface area contributed by atoms with Crippen molar-refractivity contribution >= 4 is 11.8 Å². The highest BCUT2D eigenvalue weighted by atomic mass is 32.2. The summed E-state index contributed by atoms with van der Waals surface area (Å²) < 4.78 is 0. The van der Waals surface area contributed by atoms with Gasteiger partial charge >= 0.3 is 0 Å². The van der Waals surface area contributed by atoms with E-state index < -0.39 is 0 Å². The fraction of sp³-hybridized carbons (Fsp3) is 0.909. The Bertz CT molecular complexity index is 218. The first-order valence-corrected chi connectivity index (χ1v) is 6.79. The zero-order valence-corrected chi connectivity index (χ0v) is 9.35. The van der Waals surface area contributed by atoms with Crippen molar-refractivity contribution in [1.82, 2.24) is 5.32 Å². The van der Waals surface area contributed by atoms with E-state index in [1.54, 1.807) is 0 Å². The second-order valence-electron chi connectivity index (χ2n) is 4.33. The van der Waals surface area contributed by atoms with Crippen LogP contribution in [0.5, 0.6) is 0 Å². The molecule has 1 aliphatic carbocycles. The quantitative estimate of drug-likeness (QED) is 0.758. The summed E-state index contributed by atoms with van der Waals surface area (Å²) in [6, 6.07) is 3.62. The third-order valence-corrected chi connectivity index (χ3v) is 4.40. The Hall–Kier alpha value is -0.200. The molecular formula is C11H18N2S. The summed E-state index contributed by atoms with van der Waals surface area (Å²) >= 11 is 2.06. The van der Waals surface area contributed by atoms with E-state index in [1.165, 1.54) is 37.2 Å². The monoisotopic (exact) mass is 210 g/mol. The molecule has 14 heavy (non-hydrogen) atoms. The highest BCUT2D eigenvalue weighted by Gasteiger charge is 2.29. The zero-order valence-electron chi connectivity index (χ0n) is 8.54. The first kappa shape index (κ1) is 10.3. The second kappa shape index (κ2) is 5.04. The number of hydrogen-bond donors (Lipinski definition) is 1. The van der Waals surface area contributed by atoms with Crippen molar-refractivity contribution < 1.29 is 0 Å². The minimum absolute atomic E-state index is 0.282. The predicted octanol–water partition coefficient (Wildman–Crippen LogP) is 2.16. The molecule has 1 saturated carbocycles. The maximum atomic E-state index is 8.97. The third-order valence-electron chi connectivity index (χ3n) is 3.35. The molecule has 1 N–H and O–H groups in total. The number of rotatable bonds is 2. The van der Waals surface area contributed by atoms with Gasteiger partial charge in [0.25, 0.3) is 0 Å². The summed E-state index contributed by atoms with van der Waals surface area (Å²) in [4.78, 5) is 0. The molecule has 2 aliphatic rings. The van der Waals surface area contributed by atoms with E-state index in [1.807, 2.05) is 0 Å². The van der Waals surface area contributed by atoms with E-state index in [4.69, 9.17) is 5.26 Å². The SMILES string of the molecule is N#CC1CCCC1NC1CCSCC1.